The van der Waals surface area contributed by atoms with E-state index in [1.165, 1.54) is 0 Å². The van der Waals surface area contributed by atoms with Crippen LogP contribution in [0.2, 0.25) is 0 Å². The lowest BCUT2D eigenvalue weighted by Crippen LogP contribution is -2.36. The fourth-order valence-electron chi connectivity index (χ4n) is 2.14. The number of carbonyl (C=O) groups excluding carboxylic acids is 1. The number of anilines is 1. The first-order valence-corrected chi connectivity index (χ1v) is 7.71. The number of benzene rings is 1. The Morgan fingerprint density at radius 1 is 1.17 bits per heavy atom. The maximum absolute atomic E-state index is 12.5. The molecule has 0 aliphatic heterocycles. The van der Waals surface area contributed by atoms with Crippen LogP contribution in [0.25, 0.3) is 0 Å². The lowest BCUT2D eigenvalue weighted by atomic mass is 10.2. The number of likely N-dealkylation sites (N-methyl/N-ethyl adjacent to an activating group) is 1. The summed E-state index contributed by atoms with van der Waals surface area (Å²) in [6.07, 6.45) is 1.73. The molecule has 1 N–H and O–H groups in total. The van der Waals surface area contributed by atoms with Crippen molar-refractivity contribution in [1.29, 1.82) is 0 Å². The third-order valence-electron chi connectivity index (χ3n) is 3.76. The summed E-state index contributed by atoms with van der Waals surface area (Å²) in [7, 11) is 1.88. The van der Waals surface area contributed by atoms with Crippen molar-refractivity contribution >= 4 is 11.6 Å². The Hall–Kier alpha value is -2.40. The highest BCUT2D eigenvalue weighted by Gasteiger charge is 2.12. The van der Waals surface area contributed by atoms with Gasteiger partial charge in [-0.25, -0.2) is 0 Å². The molecule has 1 heterocycles. The van der Waals surface area contributed by atoms with Gasteiger partial charge in [-0.1, -0.05) is 30.3 Å². The molecule has 1 amide bonds. The molecule has 1 aromatic heterocycles. The maximum Gasteiger partial charge on any atom is 0.274 e. The third-order valence-corrected chi connectivity index (χ3v) is 3.76. The molecule has 0 saturated heterocycles. The molecule has 1 aromatic carbocycles. The van der Waals surface area contributed by atoms with E-state index in [-0.39, 0.29) is 24.1 Å². The second-order valence-electron chi connectivity index (χ2n) is 5.90. The van der Waals surface area contributed by atoms with Gasteiger partial charge in [0.1, 0.15) is 5.69 Å². The highest BCUT2D eigenvalue weighted by molar-refractivity contribution is 5.92. The molecule has 0 unspecified atom stereocenters. The van der Waals surface area contributed by atoms with Crippen LogP contribution >= 0.6 is 0 Å². The largest absolute Gasteiger partial charge is 0.320 e. The molecule has 0 fully saturated rings. The number of carbonyl (C=O) groups is 1. The molecule has 5 heteroatoms. The minimum Gasteiger partial charge on any atom is -0.320 e. The summed E-state index contributed by atoms with van der Waals surface area (Å²) in [5.41, 5.74) is 1.15. The average Bonchev–Trinajstić information content (AvgIpc) is 2.52. The van der Waals surface area contributed by atoms with Crippen LogP contribution in [0.1, 0.15) is 19.4 Å². The van der Waals surface area contributed by atoms with Gasteiger partial charge in [0.25, 0.3) is 5.56 Å². The van der Waals surface area contributed by atoms with Crippen LogP contribution < -0.4 is 10.9 Å². The Balaban J connectivity index is 2.11. The summed E-state index contributed by atoms with van der Waals surface area (Å²) in [5.74, 6) is -0.184. The van der Waals surface area contributed by atoms with Crippen molar-refractivity contribution in [3.05, 3.63) is 64.6 Å². The predicted molar refractivity (Wildman–Crippen MR) is 92.6 cm³/mol. The molecule has 0 bridgehead atoms. The lowest BCUT2D eigenvalue weighted by Gasteiger charge is -2.20. The molecular formula is C18H23N3O2. The second kappa shape index (κ2) is 7.74. The number of rotatable bonds is 6. The number of pyridine rings is 1. The number of amides is 1. The number of hydrogen-bond acceptors (Lipinski definition) is 3. The first kappa shape index (κ1) is 17.0. The van der Waals surface area contributed by atoms with Gasteiger partial charge in [0.05, 0.1) is 13.1 Å². The van der Waals surface area contributed by atoms with Gasteiger partial charge >= 0.3 is 0 Å². The summed E-state index contributed by atoms with van der Waals surface area (Å²) in [6.45, 7) is 4.77. The standard InChI is InChI=1S/C18H23N3O2/c1-14(2)20(3)13-17(22)19-16-10-7-11-21(18(16)23)12-15-8-5-4-6-9-15/h4-11,14H,12-13H2,1-3H3,(H,19,22). The molecule has 23 heavy (non-hydrogen) atoms. The van der Waals surface area contributed by atoms with Gasteiger partial charge in [-0.3, -0.25) is 14.5 Å². The average molecular weight is 313 g/mol. The summed E-state index contributed by atoms with van der Waals surface area (Å²) < 4.78 is 1.59. The molecule has 5 nitrogen and oxygen atoms in total. The Kier molecular flexibility index (Phi) is 5.71. The zero-order valence-electron chi connectivity index (χ0n) is 13.8. The van der Waals surface area contributed by atoms with Gasteiger partial charge in [0.15, 0.2) is 0 Å². The van der Waals surface area contributed by atoms with E-state index in [1.54, 1.807) is 22.9 Å². The Bertz CT molecular complexity index is 708. The number of aromatic nitrogens is 1. The fraction of sp³-hybridized carbons (Fsp3) is 0.333. The van der Waals surface area contributed by atoms with E-state index in [9.17, 15) is 9.59 Å². The topological polar surface area (TPSA) is 54.3 Å². The van der Waals surface area contributed by atoms with Crippen LogP contribution in [0.15, 0.2) is 53.5 Å². The van der Waals surface area contributed by atoms with Crippen molar-refractivity contribution in [2.24, 2.45) is 0 Å². The molecule has 0 aliphatic carbocycles. The van der Waals surface area contributed by atoms with E-state index >= 15 is 0 Å². The Morgan fingerprint density at radius 2 is 1.87 bits per heavy atom. The molecule has 2 aromatic rings. The Morgan fingerprint density at radius 3 is 2.52 bits per heavy atom. The number of nitrogens with one attached hydrogen (secondary N) is 1. The number of nitrogens with zero attached hydrogens (tertiary/aromatic N) is 2. The Labute approximate surface area is 136 Å². The quantitative estimate of drug-likeness (QED) is 0.889. The summed E-state index contributed by atoms with van der Waals surface area (Å²) in [6, 6.07) is 13.4. The summed E-state index contributed by atoms with van der Waals surface area (Å²) in [4.78, 5) is 26.4. The van der Waals surface area contributed by atoms with Gasteiger partial charge in [-0.2, -0.15) is 0 Å². The van der Waals surface area contributed by atoms with E-state index in [0.29, 0.717) is 12.2 Å². The molecule has 0 atom stereocenters. The van der Waals surface area contributed by atoms with Crippen molar-refractivity contribution in [3.63, 3.8) is 0 Å². The van der Waals surface area contributed by atoms with E-state index < -0.39 is 0 Å². The van der Waals surface area contributed by atoms with E-state index in [1.807, 2.05) is 56.1 Å². The highest BCUT2D eigenvalue weighted by Crippen LogP contribution is 2.04. The normalized spacial score (nSPS) is 11.0. The van der Waals surface area contributed by atoms with E-state index in [0.717, 1.165) is 5.56 Å². The number of hydrogen-bond donors (Lipinski definition) is 1. The third kappa shape index (κ3) is 4.79. The molecule has 0 aliphatic rings. The van der Waals surface area contributed by atoms with Gasteiger partial charge < -0.3 is 9.88 Å². The van der Waals surface area contributed by atoms with Gasteiger partial charge in [0.2, 0.25) is 5.91 Å². The van der Waals surface area contributed by atoms with Crippen LogP contribution in [0.4, 0.5) is 5.69 Å². The lowest BCUT2D eigenvalue weighted by molar-refractivity contribution is -0.117. The van der Waals surface area contributed by atoms with Crippen LogP contribution in [0.5, 0.6) is 0 Å². The fourth-order valence-corrected chi connectivity index (χ4v) is 2.14. The van der Waals surface area contributed by atoms with Crippen LogP contribution in [-0.4, -0.2) is 35.0 Å². The molecule has 2 rings (SSSR count). The zero-order valence-corrected chi connectivity index (χ0v) is 13.8. The predicted octanol–water partition coefficient (Wildman–Crippen LogP) is 2.18. The highest BCUT2D eigenvalue weighted by atomic mass is 16.2. The second-order valence-corrected chi connectivity index (χ2v) is 5.90. The minimum absolute atomic E-state index is 0.184. The van der Waals surface area contributed by atoms with Gasteiger partial charge in [-0.05, 0) is 38.6 Å². The van der Waals surface area contributed by atoms with Crippen LogP contribution in [0.3, 0.4) is 0 Å². The maximum atomic E-state index is 12.5. The van der Waals surface area contributed by atoms with Crippen LogP contribution in [-0.2, 0) is 11.3 Å². The van der Waals surface area contributed by atoms with Crippen molar-refractivity contribution in [2.45, 2.75) is 26.4 Å². The van der Waals surface area contributed by atoms with E-state index in [4.69, 9.17) is 0 Å². The summed E-state index contributed by atoms with van der Waals surface area (Å²) in [5, 5.41) is 2.71. The first-order valence-electron chi connectivity index (χ1n) is 7.71. The zero-order chi connectivity index (χ0) is 16.8. The van der Waals surface area contributed by atoms with Gasteiger partial charge in [-0.15, -0.1) is 0 Å². The van der Waals surface area contributed by atoms with Gasteiger partial charge in [0, 0.05) is 12.2 Å². The summed E-state index contributed by atoms with van der Waals surface area (Å²) >= 11 is 0. The van der Waals surface area contributed by atoms with Crippen LogP contribution in [0, 0.1) is 0 Å². The first-order chi connectivity index (χ1) is 11.0. The molecule has 122 valence electrons. The van der Waals surface area contributed by atoms with Crippen molar-refractivity contribution < 1.29 is 4.79 Å². The van der Waals surface area contributed by atoms with Crippen molar-refractivity contribution in [3.8, 4) is 0 Å². The smallest absolute Gasteiger partial charge is 0.274 e. The molecule has 0 spiro atoms. The van der Waals surface area contributed by atoms with E-state index in [2.05, 4.69) is 5.32 Å². The molecule has 0 radical (unpaired) electrons. The SMILES string of the molecule is CC(C)N(C)CC(=O)Nc1cccn(Cc2ccccc2)c1=O. The molecular weight excluding hydrogens is 290 g/mol. The van der Waals surface area contributed by atoms with Crippen molar-refractivity contribution in [2.75, 3.05) is 18.9 Å². The monoisotopic (exact) mass is 313 g/mol. The molecule has 0 saturated carbocycles. The minimum atomic E-state index is -0.197. The van der Waals surface area contributed by atoms with Crippen molar-refractivity contribution in [1.82, 2.24) is 9.47 Å².